The number of ether oxygens (including phenoxy) is 2. The van der Waals surface area contributed by atoms with Crippen molar-refractivity contribution < 1.29 is 27.4 Å². The average molecular weight is 480 g/mol. The molecule has 1 aromatic heterocycles. The molecule has 4 heterocycles. The number of carbonyl (C=O) groups is 1. The molecule has 184 valence electrons. The lowest BCUT2D eigenvalue weighted by molar-refractivity contribution is -0.173. The summed E-state index contributed by atoms with van der Waals surface area (Å²) in [6.07, 6.45) is -2.64. The molecule has 0 spiro atoms. The molecule has 3 unspecified atom stereocenters. The van der Waals surface area contributed by atoms with Gasteiger partial charge in [0.1, 0.15) is 5.82 Å². The van der Waals surface area contributed by atoms with Crippen molar-refractivity contribution in [2.24, 2.45) is 0 Å². The molecule has 2 fully saturated rings. The summed E-state index contributed by atoms with van der Waals surface area (Å²) in [5.74, 6) is 0.788. The quantitative estimate of drug-likeness (QED) is 0.724. The van der Waals surface area contributed by atoms with Crippen LogP contribution in [0.3, 0.4) is 0 Å². The second-order valence-corrected chi connectivity index (χ2v) is 9.05. The van der Waals surface area contributed by atoms with Gasteiger partial charge in [0.05, 0.1) is 20.3 Å². The summed E-state index contributed by atoms with van der Waals surface area (Å²) in [7, 11) is 2.98. The fourth-order valence-corrected chi connectivity index (χ4v) is 5.30. The van der Waals surface area contributed by atoms with Gasteiger partial charge in [-0.05, 0) is 37.1 Å². The zero-order valence-corrected chi connectivity index (χ0v) is 19.1. The fraction of sp³-hybridized carbons (Fsp3) is 0.565. The van der Waals surface area contributed by atoms with Crippen LogP contribution >= 0.6 is 0 Å². The summed E-state index contributed by atoms with van der Waals surface area (Å²) in [5.41, 5.74) is 0.667. The topological polar surface area (TPSA) is 71.9 Å². The third kappa shape index (κ3) is 4.06. The smallest absolute Gasteiger partial charge is 0.410 e. The van der Waals surface area contributed by atoms with Crippen molar-refractivity contribution in [1.29, 1.82) is 0 Å². The zero-order valence-electron chi connectivity index (χ0n) is 19.1. The molecular weight excluding hydrogens is 451 g/mol. The van der Waals surface area contributed by atoms with E-state index in [0.717, 1.165) is 30.6 Å². The van der Waals surface area contributed by atoms with Crippen molar-refractivity contribution >= 4 is 11.7 Å². The van der Waals surface area contributed by atoms with Crippen LogP contribution in [-0.4, -0.2) is 78.1 Å². The molecule has 2 aromatic rings. The van der Waals surface area contributed by atoms with Crippen molar-refractivity contribution in [3.8, 4) is 11.5 Å². The maximum Gasteiger partial charge on any atom is 0.410 e. The Balaban J connectivity index is 1.42. The number of hydrogen-bond donors (Lipinski definition) is 1. The van der Waals surface area contributed by atoms with Crippen molar-refractivity contribution in [2.45, 2.75) is 43.6 Å². The van der Waals surface area contributed by atoms with Crippen LogP contribution in [0.25, 0.3) is 0 Å². The molecule has 3 atom stereocenters. The fourth-order valence-electron chi connectivity index (χ4n) is 5.30. The zero-order chi connectivity index (χ0) is 24.0. The minimum absolute atomic E-state index is 0.0381. The predicted octanol–water partition coefficient (Wildman–Crippen LogP) is 3.48. The minimum Gasteiger partial charge on any atom is -0.493 e. The highest BCUT2D eigenvalue weighted by atomic mass is 19.4. The molecule has 0 aliphatic carbocycles. The molecule has 2 saturated heterocycles. The maximum atomic E-state index is 14.1. The van der Waals surface area contributed by atoms with E-state index in [1.54, 1.807) is 23.1 Å². The Hall–Kier alpha value is -2.95. The number of fused-ring (bicyclic) bond motifs is 2. The van der Waals surface area contributed by atoms with Crippen LogP contribution in [0.4, 0.5) is 19.0 Å². The van der Waals surface area contributed by atoms with Gasteiger partial charge >= 0.3 is 6.18 Å². The molecule has 0 bridgehead atoms. The molecule has 34 heavy (non-hydrogen) atoms. The molecular formula is C23H28F3N5O3. The number of methoxy groups -OCH3 is 2. The monoisotopic (exact) mass is 479 g/mol. The number of benzene rings is 1. The van der Waals surface area contributed by atoms with E-state index in [9.17, 15) is 18.0 Å². The first-order valence-electron chi connectivity index (χ1n) is 11.5. The highest BCUT2D eigenvalue weighted by Crippen LogP contribution is 2.44. The van der Waals surface area contributed by atoms with E-state index in [-0.39, 0.29) is 23.8 Å². The van der Waals surface area contributed by atoms with Gasteiger partial charge in [-0.25, -0.2) is 4.68 Å². The molecule has 1 amide bonds. The summed E-state index contributed by atoms with van der Waals surface area (Å²) in [6, 6.07) is 4.33. The second-order valence-electron chi connectivity index (χ2n) is 9.05. The van der Waals surface area contributed by atoms with Gasteiger partial charge in [0.25, 0.3) is 5.91 Å². The Morgan fingerprint density at radius 1 is 1.12 bits per heavy atom. The standard InChI is InChI=1S/C23H28F3N5O3/c1-33-18-6-5-14(10-19(18)34-2)16-11-20(23(24,25)26)31-21(27-16)12-17(28-31)22(32)30-9-8-29-7-3-4-15(29)13-30/h5-6,10,12,15-16,20,27H,3-4,7-9,11,13H2,1-2H3. The number of alkyl halides is 3. The number of halogens is 3. The molecule has 5 rings (SSSR count). The summed E-state index contributed by atoms with van der Waals surface area (Å²) in [6.45, 7) is 2.97. The molecule has 1 N–H and O–H groups in total. The van der Waals surface area contributed by atoms with Crippen LogP contribution in [0, 0.1) is 0 Å². The number of aromatic nitrogens is 2. The highest BCUT2D eigenvalue weighted by molar-refractivity contribution is 5.93. The number of carbonyl (C=O) groups excluding carboxylic acids is 1. The maximum absolute atomic E-state index is 14.1. The van der Waals surface area contributed by atoms with Gasteiger partial charge in [0, 0.05) is 38.2 Å². The lowest BCUT2D eigenvalue weighted by atomic mass is 9.96. The van der Waals surface area contributed by atoms with Gasteiger partial charge in [-0.1, -0.05) is 6.07 Å². The van der Waals surface area contributed by atoms with Crippen LogP contribution in [0.15, 0.2) is 24.3 Å². The number of piperazine rings is 1. The first kappa shape index (κ1) is 22.8. The Kier molecular flexibility index (Phi) is 5.83. The largest absolute Gasteiger partial charge is 0.493 e. The number of rotatable bonds is 4. The van der Waals surface area contributed by atoms with Gasteiger partial charge in [-0.2, -0.15) is 18.3 Å². The number of hydrogen-bond acceptors (Lipinski definition) is 6. The average Bonchev–Trinajstić information content (AvgIpc) is 3.48. The lowest BCUT2D eigenvalue weighted by Gasteiger charge is -2.37. The normalized spacial score (nSPS) is 24.9. The predicted molar refractivity (Wildman–Crippen MR) is 118 cm³/mol. The molecule has 1 aromatic carbocycles. The molecule has 8 nitrogen and oxygen atoms in total. The van der Waals surface area contributed by atoms with E-state index in [0.29, 0.717) is 36.2 Å². The number of nitrogens with zero attached hydrogens (tertiary/aromatic N) is 4. The van der Waals surface area contributed by atoms with Gasteiger partial charge in [0.15, 0.2) is 23.2 Å². The summed E-state index contributed by atoms with van der Waals surface area (Å²) >= 11 is 0. The number of nitrogens with one attached hydrogen (secondary N) is 1. The number of anilines is 1. The second kappa shape index (κ2) is 8.68. The summed E-state index contributed by atoms with van der Waals surface area (Å²) in [4.78, 5) is 17.2. The van der Waals surface area contributed by atoms with Gasteiger partial charge in [-0.15, -0.1) is 0 Å². The minimum atomic E-state index is -4.52. The van der Waals surface area contributed by atoms with Crippen molar-refractivity contribution in [3.63, 3.8) is 0 Å². The summed E-state index contributed by atoms with van der Waals surface area (Å²) < 4.78 is 53.6. The third-order valence-corrected chi connectivity index (χ3v) is 7.09. The highest BCUT2D eigenvalue weighted by Gasteiger charge is 2.47. The molecule has 0 saturated carbocycles. The molecule has 3 aliphatic heterocycles. The Morgan fingerprint density at radius 3 is 2.65 bits per heavy atom. The van der Waals surface area contributed by atoms with E-state index in [1.165, 1.54) is 20.3 Å². The number of amides is 1. The van der Waals surface area contributed by atoms with Crippen molar-refractivity contribution in [3.05, 3.63) is 35.5 Å². The molecule has 11 heteroatoms. The van der Waals surface area contributed by atoms with Gasteiger partial charge in [-0.3, -0.25) is 9.69 Å². The van der Waals surface area contributed by atoms with Gasteiger partial charge < -0.3 is 19.7 Å². The van der Waals surface area contributed by atoms with E-state index in [4.69, 9.17) is 9.47 Å². The lowest BCUT2D eigenvalue weighted by Crippen LogP contribution is -2.52. The Labute approximate surface area is 195 Å². The SMILES string of the molecule is COc1ccc(C2CC(C(F)(F)F)n3nc(C(=O)N4CCN5CCCC5C4)cc3N2)cc1OC. The third-order valence-electron chi connectivity index (χ3n) is 7.09. The Bertz CT molecular complexity index is 1070. The van der Waals surface area contributed by atoms with Crippen molar-refractivity contribution in [1.82, 2.24) is 19.6 Å². The van der Waals surface area contributed by atoms with E-state index in [1.807, 2.05) is 0 Å². The summed E-state index contributed by atoms with van der Waals surface area (Å²) in [5, 5.41) is 7.28. The van der Waals surface area contributed by atoms with Crippen LogP contribution in [0.2, 0.25) is 0 Å². The van der Waals surface area contributed by atoms with E-state index >= 15 is 0 Å². The van der Waals surface area contributed by atoms with Crippen molar-refractivity contribution in [2.75, 3.05) is 45.7 Å². The first-order valence-corrected chi connectivity index (χ1v) is 11.5. The Morgan fingerprint density at radius 2 is 1.91 bits per heavy atom. The van der Waals surface area contributed by atoms with Crippen LogP contribution in [0.1, 0.15) is 47.4 Å². The van der Waals surface area contributed by atoms with Crippen LogP contribution in [-0.2, 0) is 0 Å². The molecule has 0 radical (unpaired) electrons. The van der Waals surface area contributed by atoms with Crippen LogP contribution in [0.5, 0.6) is 11.5 Å². The van der Waals surface area contributed by atoms with Gasteiger partial charge in [0.2, 0.25) is 0 Å². The molecule has 3 aliphatic rings. The van der Waals surface area contributed by atoms with E-state index in [2.05, 4.69) is 15.3 Å². The van der Waals surface area contributed by atoms with E-state index < -0.39 is 18.3 Å². The van der Waals surface area contributed by atoms with Crippen LogP contribution < -0.4 is 14.8 Å². The first-order chi connectivity index (χ1) is 16.3.